The molecule has 0 bridgehead atoms. The summed E-state index contributed by atoms with van der Waals surface area (Å²) < 4.78 is 5.57. The molecule has 0 spiro atoms. The maximum atomic E-state index is 12.6. The van der Waals surface area contributed by atoms with E-state index in [1.54, 1.807) is 0 Å². The minimum Gasteiger partial charge on any atom is -0.379 e. The highest BCUT2D eigenvalue weighted by molar-refractivity contribution is 5.84. The molecule has 21 heavy (non-hydrogen) atoms. The minimum atomic E-state index is -0.00526. The Hall–Kier alpha value is -0.610. The third-order valence-electron chi connectivity index (χ3n) is 4.32. The molecular weight excluding hydrogens is 264 g/mol. The second-order valence-electron chi connectivity index (χ2n) is 6.88. The van der Waals surface area contributed by atoms with Crippen molar-refractivity contribution in [3.8, 4) is 0 Å². The average Bonchev–Trinajstić information content (AvgIpc) is 2.75. The van der Waals surface area contributed by atoms with Gasteiger partial charge in [0.25, 0.3) is 0 Å². The number of nitrogens with zero attached hydrogens (tertiary/aromatic N) is 1. The first-order valence-corrected chi connectivity index (χ1v) is 8.56. The van der Waals surface area contributed by atoms with Crippen molar-refractivity contribution in [3.63, 3.8) is 0 Å². The fourth-order valence-corrected chi connectivity index (χ4v) is 2.81. The lowest BCUT2D eigenvalue weighted by molar-refractivity contribution is -0.131. The van der Waals surface area contributed by atoms with Crippen LogP contribution in [0.15, 0.2) is 0 Å². The molecule has 1 fully saturated rings. The van der Waals surface area contributed by atoms with E-state index in [1.165, 1.54) is 0 Å². The molecule has 0 aromatic carbocycles. The van der Waals surface area contributed by atoms with Gasteiger partial charge in [-0.05, 0) is 38.5 Å². The Kier molecular flexibility index (Phi) is 7.67. The molecule has 3 unspecified atom stereocenters. The number of nitrogens with one attached hydrogen (secondary N) is 1. The Labute approximate surface area is 130 Å². The van der Waals surface area contributed by atoms with Crippen LogP contribution in [0.2, 0.25) is 0 Å². The monoisotopic (exact) mass is 298 g/mol. The molecule has 124 valence electrons. The van der Waals surface area contributed by atoms with Crippen molar-refractivity contribution in [1.82, 2.24) is 10.2 Å². The number of hydrogen-bond donors (Lipinski definition) is 1. The Morgan fingerprint density at radius 3 is 2.38 bits per heavy atom. The molecule has 1 N–H and O–H groups in total. The summed E-state index contributed by atoms with van der Waals surface area (Å²) in [5.74, 6) is 1.12. The molecule has 0 aromatic heterocycles. The van der Waals surface area contributed by atoms with Crippen LogP contribution in [0.5, 0.6) is 0 Å². The van der Waals surface area contributed by atoms with Crippen LogP contribution < -0.4 is 5.32 Å². The van der Waals surface area contributed by atoms with Crippen LogP contribution in [0.3, 0.4) is 0 Å². The van der Waals surface area contributed by atoms with E-state index in [9.17, 15) is 4.79 Å². The molecule has 3 atom stereocenters. The lowest BCUT2D eigenvalue weighted by Gasteiger charge is -2.27. The van der Waals surface area contributed by atoms with E-state index < -0.39 is 0 Å². The van der Waals surface area contributed by atoms with Gasteiger partial charge in [0.05, 0.1) is 18.3 Å². The summed E-state index contributed by atoms with van der Waals surface area (Å²) in [7, 11) is 0. The lowest BCUT2D eigenvalue weighted by atomic mass is 9.99. The molecule has 1 aliphatic heterocycles. The predicted octanol–water partition coefficient (Wildman–Crippen LogP) is 3.02. The van der Waals surface area contributed by atoms with E-state index >= 15 is 0 Å². The van der Waals surface area contributed by atoms with Gasteiger partial charge in [-0.1, -0.05) is 34.1 Å². The molecular formula is C17H34N2O2. The Balaban J connectivity index is 2.50. The maximum absolute atomic E-state index is 12.6. The lowest BCUT2D eigenvalue weighted by Crippen LogP contribution is -2.42. The molecule has 0 aliphatic carbocycles. The van der Waals surface area contributed by atoms with E-state index in [2.05, 4.69) is 51.8 Å². The van der Waals surface area contributed by atoms with Crippen molar-refractivity contribution < 1.29 is 9.53 Å². The van der Waals surface area contributed by atoms with Crippen LogP contribution in [0, 0.1) is 11.8 Å². The first kappa shape index (κ1) is 18.4. The SMILES string of the molecule is CCC(C)C1NC(C(C)C)N(CCCCOC(C)C)C1=O. The van der Waals surface area contributed by atoms with Gasteiger partial charge in [0.15, 0.2) is 0 Å². The van der Waals surface area contributed by atoms with Gasteiger partial charge in [0.1, 0.15) is 0 Å². The topological polar surface area (TPSA) is 41.6 Å². The molecule has 0 aromatic rings. The molecule has 4 heteroatoms. The molecule has 1 aliphatic rings. The van der Waals surface area contributed by atoms with Crippen molar-refractivity contribution in [1.29, 1.82) is 0 Å². The van der Waals surface area contributed by atoms with Crippen LogP contribution in [-0.2, 0) is 9.53 Å². The molecule has 1 heterocycles. The molecule has 1 saturated heterocycles. The van der Waals surface area contributed by atoms with E-state index in [-0.39, 0.29) is 18.1 Å². The van der Waals surface area contributed by atoms with Gasteiger partial charge in [-0.25, -0.2) is 0 Å². The van der Waals surface area contributed by atoms with Gasteiger partial charge < -0.3 is 9.64 Å². The highest BCUT2D eigenvalue weighted by Crippen LogP contribution is 2.23. The molecule has 1 rings (SSSR count). The smallest absolute Gasteiger partial charge is 0.241 e. The van der Waals surface area contributed by atoms with E-state index in [0.29, 0.717) is 17.9 Å². The fourth-order valence-electron chi connectivity index (χ4n) is 2.81. The van der Waals surface area contributed by atoms with Crippen LogP contribution in [-0.4, -0.2) is 42.3 Å². The van der Waals surface area contributed by atoms with Crippen molar-refractivity contribution in [2.24, 2.45) is 11.8 Å². The zero-order chi connectivity index (χ0) is 16.0. The number of ether oxygens (including phenoxy) is 1. The summed E-state index contributed by atoms with van der Waals surface area (Å²) in [6.45, 7) is 14.4. The summed E-state index contributed by atoms with van der Waals surface area (Å²) in [5.41, 5.74) is 0. The highest BCUT2D eigenvalue weighted by atomic mass is 16.5. The minimum absolute atomic E-state index is 0.00526. The average molecular weight is 298 g/mol. The second kappa shape index (κ2) is 8.74. The van der Waals surface area contributed by atoms with Crippen molar-refractivity contribution >= 4 is 5.91 Å². The Morgan fingerprint density at radius 1 is 1.19 bits per heavy atom. The second-order valence-corrected chi connectivity index (χ2v) is 6.88. The van der Waals surface area contributed by atoms with Crippen LogP contribution in [0.25, 0.3) is 0 Å². The third-order valence-corrected chi connectivity index (χ3v) is 4.32. The van der Waals surface area contributed by atoms with Gasteiger partial charge in [-0.2, -0.15) is 0 Å². The summed E-state index contributed by atoms with van der Waals surface area (Å²) in [6, 6.07) is -0.00526. The molecule has 0 saturated carbocycles. The van der Waals surface area contributed by atoms with Crippen molar-refractivity contribution in [2.75, 3.05) is 13.2 Å². The van der Waals surface area contributed by atoms with Crippen molar-refractivity contribution in [3.05, 3.63) is 0 Å². The van der Waals surface area contributed by atoms with Gasteiger partial charge >= 0.3 is 0 Å². The number of unbranched alkanes of at least 4 members (excludes halogenated alkanes) is 1. The molecule has 4 nitrogen and oxygen atoms in total. The number of hydrogen-bond acceptors (Lipinski definition) is 3. The normalized spacial score (nSPS) is 24.4. The van der Waals surface area contributed by atoms with E-state index in [0.717, 1.165) is 32.4 Å². The first-order valence-electron chi connectivity index (χ1n) is 8.56. The fraction of sp³-hybridized carbons (Fsp3) is 0.941. The predicted molar refractivity (Wildman–Crippen MR) is 87.0 cm³/mol. The van der Waals surface area contributed by atoms with Crippen LogP contribution in [0.4, 0.5) is 0 Å². The molecule has 1 amide bonds. The van der Waals surface area contributed by atoms with Crippen LogP contribution in [0.1, 0.15) is 60.8 Å². The van der Waals surface area contributed by atoms with Gasteiger partial charge in [0, 0.05) is 13.2 Å². The maximum Gasteiger partial charge on any atom is 0.241 e. The van der Waals surface area contributed by atoms with Gasteiger partial charge in [-0.15, -0.1) is 0 Å². The zero-order valence-corrected chi connectivity index (χ0v) is 14.7. The summed E-state index contributed by atoms with van der Waals surface area (Å²) in [5, 5.41) is 3.55. The number of carbonyl (C=O) groups excluding carboxylic acids is 1. The van der Waals surface area contributed by atoms with E-state index in [4.69, 9.17) is 4.74 Å². The van der Waals surface area contributed by atoms with Gasteiger partial charge in [-0.3, -0.25) is 10.1 Å². The number of amides is 1. The number of rotatable bonds is 9. The first-order chi connectivity index (χ1) is 9.88. The summed E-state index contributed by atoms with van der Waals surface area (Å²) in [6.07, 6.45) is 3.53. The quantitative estimate of drug-likeness (QED) is 0.665. The largest absolute Gasteiger partial charge is 0.379 e. The van der Waals surface area contributed by atoms with E-state index in [1.807, 2.05) is 0 Å². The van der Waals surface area contributed by atoms with Crippen molar-refractivity contribution in [2.45, 2.75) is 79.1 Å². The molecule has 0 radical (unpaired) electrons. The Morgan fingerprint density at radius 2 is 1.86 bits per heavy atom. The standard InChI is InChI=1S/C17H34N2O2/c1-7-14(6)15-17(20)19(16(18-15)12(2)3)10-8-9-11-21-13(4)5/h12-16,18H,7-11H2,1-6H3. The zero-order valence-electron chi connectivity index (χ0n) is 14.7. The summed E-state index contributed by atoms with van der Waals surface area (Å²) >= 11 is 0. The summed E-state index contributed by atoms with van der Waals surface area (Å²) in [4.78, 5) is 14.7. The third kappa shape index (κ3) is 5.26. The Bertz CT molecular complexity index is 318. The van der Waals surface area contributed by atoms with Gasteiger partial charge in [0.2, 0.25) is 5.91 Å². The van der Waals surface area contributed by atoms with Crippen LogP contribution >= 0.6 is 0 Å². The number of carbonyl (C=O) groups is 1. The highest BCUT2D eigenvalue weighted by Gasteiger charge is 2.41.